The van der Waals surface area contributed by atoms with Crippen molar-refractivity contribution < 1.29 is 0 Å². The molecule has 1 aromatic heterocycles. The predicted molar refractivity (Wildman–Crippen MR) is 91.9 cm³/mol. The van der Waals surface area contributed by atoms with Crippen molar-refractivity contribution in [2.24, 2.45) is 0 Å². The molecule has 3 aromatic carbocycles. The van der Waals surface area contributed by atoms with Gasteiger partial charge in [-0.15, -0.1) is 0 Å². The molecule has 0 bridgehead atoms. The third-order valence-electron chi connectivity index (χ3n) is 3.71. The number of nitrogen functional groups attached to an aromatic ring is 1. The van der Waals surface area contributed by atoms with Gasteiger partial charge in [0.15, 0.2) is 0 Å². The summed E-state index contributed by atoms with van der Waals surface area (Å²) in [5.74, 6) is 0. The van der Waals surface area contributed by atoms with Gasteiger partial charge in [-0.1, -0.05) is 49.9 Å². The smallest absolute Gasteiger partial charge is 0.0541 e. The number of fused-ring (bicyclic) bond motifs is 3. The van der Waals surface area contributed by atoms with Crippen LogP contribution in [0.2, 0.25) is 0 Å². The zero-order valence-electron chi connectivity index (χ0n) is 11.0. The molecule has 4 aromatic rings. The summed E-state index contributed by atoms with van der Waals surface area (Å²) < 4.78 is 2.26. The second kappa shape index (κ2) is 4.98. The SMILES string of the molecule is C.Nc1cccc(-n2c3ccccc3c3ccccc32)c1. The van der Waals surface area contributed by atoms with E-state index in [2.05, 4.69) is 59.2 Å². The molecule has 1 heterocycles. The van der Waals surface area contributed by atoms with Crippen LogP contribution in [-0.2, 0) is 0 Å². The van der Waals surface area contributed by atoms with Crippen molar-refractivity contribution in [3.05, 3.63) is 72.8 Å². The van der Waals surface area contributed by atoms with Crippen LogP contribution < -0.4 is 5.73 Å². The Balaban J connectivity index is 0.00000132. The van der Waals surface area contributed by atoms with E-state index >= 15 is 0 Å². The van der Waals surface area contributed by atoms with Gasteiger partial charge in [-0.05, 0) is 30.3 Å². The summed E-state index contributed by atoms with van der Waals surface area (Å²) in [6.07, 6.45) is 0. The molecule has 0 spiro atoms. The van der Waals surface area contributed by atoms with E-state index in [0.717, 1.165) is 11.4 Å². The van der Waals surface area contributed by atoms with E-state index in [1.165, 1.54) is 21.8 Å². The van der Waals surface area contributed by atoms with Crippen molar-refractivity contribution in [2.45, 2.75) is 7.43 Å². The minimum absolute atomic E-state index is 0. The van der Waals surface area contributed by atoms with Gasteiger partial charge in [0.25, 0.3) is 0 Å². The molecule has 104 valence electrons. The molecule has 0 saturated carbocycles. The second-order valence-electron chi connectivity index (χ2n) is 4.96. The number of para-hydroxylation sites is 2. The highest BCUT2D eigenvalue weighted by Gasteiger charge is 2.10. The second-order valence-corrected chi connectivity index (χ2v) is 4.96. The van der Waals surface area contributed by atoms with Gasteiger partial charge in [-0.2, -0.15) is 0 Å². The van der Waals surface area contributed by atoms with Crippen molar-refractivity contribution >= 4 is 27.5 Å². The average Bonchev–Trinajstić information content (AvgIpc) is 2.82. The topological polar surface area (TPSA) is 30.9 Å². The van der Waals surface area contributed by atoms with E-state index in [1.807, 2.05) is 18.2 Å². The standard InChI is InChI=1S/C18H14N2.CH4/c19-13-6-5-7-14(12-13)20-17-10-3-1-8-15(17)16-9-2-4-11-18(16)20;/h1-12H,19H2;1H4. The van der Waals surface area contributed by atoms with Gasteiger partial charge in [0, 0.05) is 22.1 Å². The van der Waals surface area contributed by atoms with Crippen LogP contribution in [0.3, 0.4) is 0 Å². The van der Waals surface area contributed by atoms with Gasteiger partial charge in [0.2, 0.25) is 0 Å². The third kappa shape index (κ3) is 1.96. The lowest BCUT2D eigenvalue weighted by molar-refractivity contribution is 1.18. The van der Waals surface area contributed by atoms with Crippen LogP contribution in [0.15, 0.2) is 72.8 Å². The highest BCUT2D eigenvalue weighted by Crippen LogP contribution is 2.31. The van der Waals surface area contributed by atoms with Gasteiger partial charge in [-0.3, -0.25) is 0 Å². The highest BCUT2D eigenvalue weighted by molar-refractivity contribution is 6.09. The van der Waals surface area contributed by atoms with Crippen molar-refractivity contribution in [3.8, 4) is 5.69 Å². The third-order valence-corrected chi connectivity index (χ3v) is 3.71. The highest BCUT2D eigenvalue weighted by atomic mass is 15.0. The van der Waals surface area contributed by atoms with Crippen molar-refractivity contribution in [1.29, 1.82) is 0 Å². The van der Waals surface area contributed by atoms with E-state index in [-0.39, 0.29) is 7.43 Å². The summed E-state index contributed by atoms with van der Waals surface area (Å²) in [5, 5.41) is 2.54. The zero-order valence-corrected chi connectivity index (χ0v) is 11.0. The molecule has 2 nitrogen and oxygen atoms in total. The first kappa shape index (κ1) is 13.3. The van der Waals surface area contributed by atoms with Gasteiger partial charge < -0.3 is 10.3 Å². The fourth-order valence-corrected chi connectivity index (χ4v) is 2.86. The quantitative estimate of drug-likeness (QED) is 0.486. The lowest BCUT2D eigenvalue weighted by Crippen LogP contribution is -1.95. The Kier molecular flexibility index (Phi) is 3.15. The molecule has 0 amide bonds. The van der Waals surface area contributed by atoms with Crippen LogP contribution in [0, 0.1) is 0 Å². The molecule has 0 fully saturated rings. The van der Waals surface area contributed by atoms with Crippen LogP contribution in [-0.4, -0.2) is 4.57 Å². The van der Waals surface area contributed by atoms with Crippen LogP contribution >= 0.6 is 0 Å². The Morgan fingerprint density at radius 2 is 1.24 bits per heavy atom. The van der Waals surface area contributed by atoms with E-state index in [4.69, 9.17) is 5.73 Å². The van der Waals surface area contributed by atoms with E-state index < -0.39 is 0 Å². The van der Waals surface area contributed by atoms with E-state index in [9.17, 15) is 0 Å². The lowest BCUT2D eigenvalue weighted by atomic mass is 10.2. The maximum atomic E-state index is 5.94. The van der Waals surface area contributed by atoms with Crippen molar-refractivity contribution in [2.75, 3.05) is 5.73 Å². The monoisotopic (exact) mass is 274 g/mol. The summed E-state index contributed by atoms with van der Waals surface area (Å²) in [4.78, 5) is 0. The van der Waals surface area contributed by atoms with Crippen LogP contribution in [0.4, 0.5) is 5.69 Å². The first-order chi connectivity index (χ1) is 9.84. The molecule has 21 heavy (non-hydrogen) atoms. The molecule has 0 radical (unpaired) electrons. The maximum absolute atomic E-state index is 5.94. The number of anilines is 1. The fraction of sp³-hybridized carbons (Fsp3) is 0.0526. The molecule has 2 N–H and O–H groups in total. The minimum atomic E-state index is 0. The number of hydrogen-bond donors (Lipinski definition) is 1. The number of nitrogens with two attached hydrogens (primary N) is 1. The summed E-state index contributed by atoms with van der Waals surface area (Å²) in [6, 6.07) is 25.0. The first-order valence-corrected chi connectivity index (χ1v) is 6.69. The minimum Gasteiger partial charge on any atom is -0.399 e. The summed E-state index contributed by atoms with van der Waals surface area (Å²) in [5.41, 5.74) is 10.2. The number of rotatable bonds is 1. The predicted octanol–water partition coefficient (Wildman–Crippen LogP) is 5.00. The molecule has 0 aliphatic carbocycles. The normalized spacial score (nSPS) is 10.7. The van der Waals surface area contributed by atoms with E-state index in [1.54, 1.807) is 0 Å². The van der Waals surface area contributed by atoms with Gasteiger partial charge in [-0.25, -0.2) is 0 Å². The van der Waals surface area contributed by atoms with Crippen molar-refractivity contribution in [1.82, 2.24) is 4.57 Å². The summed E-state index contributed by atoms with van der Waals surface area (Å²) in [6.45, 7) is 0. The lowest BCUT2D eigenvalue weighted by Gasteiger charge is -2.08. The molecular formula is C19H18N2. The zero-order chi connectivity index (χ0) is 13.5. The number of benzene rings is 3. The first-order valence-electron chi connectivity index (χ1n) is 6.69. The molecule has 0 aliphatic heterocycles. The Bertz CT molecular complexity index is 866. The van der Waals surface area contributed by atoms with E-state index in [0.29, 0.717) is 0 Å². The van der Waals surface area contributed by atoms with Gasteiger partial charge in [0.1, 0.15) is 0 Å². The molecule has 0 saturated heterocycles. The molecule has 0 aliphatic rings. The Hall–Kier alpha value is -2.74. The molecule has 0 atom stereocenters. The van der Waals surface area contributed by atoms with Crippen LogP contribution in [0.25, 0.3) is 27.5 Å². The molecular weight excluding hydrogens is 256 g/mol. The van der Waals surface area contributed by atoms with Gasteiger partial charge in [0.05, 0.1) is 11.0 Å². The van der Waals surface area contributed by atoms with Crippen LogP contribution in [0.5, 0.6) is 0 Å². The van der Waals surface area contributed by atoms with Gasteiger partial charge >= 0.3 is 0 Å². The maximum Gasteiger partial charge on any atom is 0.0541 e. The van der Waals surface area contributed by atoms with Crippen molar-refractivity contribution in [3.63, 3.8) is 0 Å². The Labute approximate surface area is 124 Å². The average molecular weight is 274 g/mol. The number of hydrogen-bond acceptors (Lipinski definition) is 1. The van der Waals surface area contributed by atoms with Crippen LogP contribution in [0.1, 0.15) is 7.43 Å². The molecule has 2 heteroatoms. The summed E-state index contributed by atoms with van der Waals surface area (Å²) in [7, 11) is 0. The largest absolute Gasteiger partial charge is 0.399 e. The number of nitrogens with zero attached hydrogens (tertiary/aromatic N) is 1. The Morgan fingerprint density at radius 3 is 1.81 bits per heavy atom. The summed E-state index contributed by atoms with van der Waals surface area (Å²) >= 11 is 0. The fourth-order valence-electron chi connectivity index (χ4n) is 2.86. The Morgan fingerprint density at radius 1 is 0.667 bits per heavy atom. The molecule has 4 rings (SSSR count). The number of aromatic nitrogens is 1. The molecule has 0 unspecified atom stereocenters.